The van der Waals surface area contributed by atoms with Crippen molar-refractivity contribution in [2.24, 2.45) is 11.7 Å². The van der Waals surface area contributed by atoms with E-state index < -0.39 is 0 Å². The van der Waals surface area contributed by atoms with Gasteiger partial charge in [-0.3, -0.25) is 4.79 Å². The summed E-state index contributed by atoms with van der Waals surface area (Å²) in [5, 5.41) is 0.834. The predicted molar refractivity (Wildman–Crippen MR) is 87.7 cm³/mol. The van der Waals surface area contributed by atoms with E-state index in [-0.39, 0.29) is 11.9 Å². The Bertz CT molecular complexity index is 494. The molecule has 0 saturated carbocycles. The number of rotatable bonds is 4. The summed E-state index contributed by atoms with van der Waals surface area (Å²) < 4.78 is 0. The van der Waals surface area contributed by atoms with E-state index in [2.05, 4.69) is 23.7 Å². The van der Waals surface area contributed by atoms with Crippen LogP contribution in [0.1, 0.15) is 36.4 Å². The van der Waals surface area contributed by atoms with Crippen molar-refractivity contribution >= 4 is 28.2 Å². The lowest BCUT2D eigenvalue weighted by molar-refractivity contribution is 0.0784. The van der Waals surface area contributed by atoms with Gasteiger partial charge in [0.15, 0.2) is 5.13 Å². The third-order valence-electron chi connectivity index (χ3n) is 3.63. The fourth-order valence-corrected chi connectivity index (χ4v) is 3.54. The van der Waals surface area contributed by atoms with Gasteiger partial charge in [-0.1, -0.05) is 25.2 Å². The van der Waals surface area contributed by atoms with E-state index in [4.69, 9.17) is 11.5 Å². The van der Waals surface area contributed by atoms with Crippen LogP contribution in [0.15, 0.2) is 0 Å². The largest absolute Gasteiger partial charge is 0.382 e. The third kappa shape index (κ3) is 3.85. The third-order valence-corrected chi connectivity index (χ3v) is 4.75. The molecule has 1 fully saturated rings. The van der Waals surface area contributed by atoms with E-state index in [0.29, 0.717) is 23.2 Å². The van der Waals surface area contributed by atoms with Crippen LogP contribution < -0.4 is 16.4 Å². The summed E-state index contributed by atoms with van der Waals surface area (Å²) in [6, 6.07) is 0.275. The maximum absolute atomic E-state index is 12.4. The Morgan fingerprint density at radius 1 is 1.48 bits per heavy atom. The van der Waals surface area contributed by atoms with E-state index >= 15 is 0 Å². The lowest BCUT2D eigenvalue weighted by Crippen LogP contribution is -2.39. The molecule has 0 unspecified atom stereocenters. The zero-order valence-corrected chi connectivity index (χ0v) is 13.8. The van der Waals surface area contributed by atoms with Crippen LogP contribution in [0.4, 0.5) is 10.9 Å². The van der Waals surface area contributed by atoms with Gasteiger partial charge in [-0.2, -0.15) is 0 Å². The number of hydrogen-bond donors (Lipinski definition) is 2. The quantitative estimate of drug-likeness (QED) is 0.877. The number of aromatic nitrogens is 1. The van der Waals surface area contributed by atoms with Crippen LogP contribution >= 0.6 is 11.3 Å². The Labute approximate surface area is 130 Å². The standard InChI is InChI=1S/C14H25N5OS/c1-9(2)8-18(3)13(20)11-12(16)17-14(21-11)19-6-4-10(15)5-7-19/h9-10H,4-8,15-16H2,1-3H3. The van der Waals surface area contributed by atoms with Crippen LogP contribution in [0.5, 0.6) is 0 Å². The zero-order chi connectivity index (χ0) is 15.6. The minimum Gasteiger partial charge on any atom is -0.382 e. The number of nitrogen functional groups attached to an aromatic ring is 1. The maximum atomic E-state index is 12.4. The Balaban J connectivity index is 2.10. The van der Waals surface area contributed by atoms with Gasteiger partial charge in [-0.25, -0.2) is 4.98 Å². The zero-order valence-electron chi connectivity index (χ0n) is 13.0. The molecule has 0 bridgehead atoms. The normalized spacial score (nSPS) is 16.5. The second-order valence-corrected chi connectivity index (χ2v) is 7.09. The first-order valence-electron chi connectivity index (χ1n) is 7.40. The van der Waals surface area contributed by atoms with Crippen molar-refractivity contribution in [3.63, 3.8) is 0 Å². The fraction of sp³-hybridized carbons (Fsp3) is 0.714. The molecule has 0 aliphatic carbocycles. The molecule has 1 aliphatic rings. The topological polar surface area (TPSA) is 88.5 Å². The molecule has 118 valence electrons. The van der Waals surface area contributed by atoms with Gasteiger partial charge < -0.3 is 21.3 Å². The Kier molecular flexibility index (Phi) is 5.05. The van der Waals surface area contributed by atoms with Crippen molar-refractivity contribution in [2.75, 3.05) is 37.3 Å². The molecule has 6 nitrogen and oxygen atoms in total. The van der Waals surface area contributed by atoms with Gasteiger partial charge in [0, 0.05) is 32.7 Å². The van der Waals surface area contributed by atoms with Crippen LogP contribution in [0.25, 0.3) is 0 Å². The number of piperidine rings is 1. The highest BCUT2D eigenvalue weighted by Crippen LogP contribution is 2.30. The summed E-state index contributed by atoms with van der Waals surface area (Å²) in [4.78, 5) is 21.2. The summed E-state index contributed by atoms with van der Waals surface area (Å²) in [6.07, 6.45) is 1.91. The first-order chi connectivity index (χ1) is 9.88. The van der Waals surface area contributed by atoms with Gasteiger partial charge in [-0.15, -0.1) is 0 Å². The molecule has 0 atom stereocenters. The monoisotopic (exact) mass is 311 g/mol. The van der Waals surface area contributed by atoms with E-state index in [1.165, 1.54) is 11.3 Å². The highest BCUT2D eigenvalue weighted by molar-refractivity contribution is 7.18. The fourth-order valence-electron chi connectivity index (χ4n) is 2.50. The highest BCUT2D eigenvalue weighted by Gasteiger charge is 2.24. The Hall–Kier alpha value is -1.34. The summed E-state index contributed by atoms with van der Waals surface area (Å²) in [5.41, 5.74) is 11.9. The molecule has 0 radical (unpaired) electrons. The summed E-state index contributed by atoms with van der Waals surface area (Å²) >= 11 is 1.39. The van der Waals surface area contributed by atoms with Crippen LogP contribution in [0, 0.1) is 5.92 Å². The maximum Gasteiger partial charge on any atom is 0.267 e. The van der Waals surface area contributed by atoms with Gasteiger partial charge >= 0.3 is 0 Å². The lowest BCUT2D eigenvalue weighted by atomic mass is 10.1. The molecule has 2 heterocycles. The predicted octanol–water partition coefficient (Wildman–Crippen LogP) is 1.38. The van der Waals surface area contributed by atoms with Crippen LogP contribution in [0.3, 0.4) is 0 Å². The van der Waals surface area contributed by atoms with Gasteiger partial charge in [0.1, 0.15) is 10.7 Å². The number of carbonyl (C=O) groups excluding carboxylic acids is 1. The molecule has 2 rings (SSSR count). The molecular formula is C14H25N5OS. The van der Waals surface area contributed by atoms with Crippen molar-refractivity contribution in [1.82, 2.24) is 9.88 Å². The summed E-state index contributed by atoms with van der Waals surface area (Å²) in [5.74, 6) is 0.722. The molecule has 0 aromatic carbocycles. The van der Waals surface area contributed by atoms with Gasteiger partial charge in [0.05, 0.1) is 0 Å². The van der Waals surface area contributed by atoms with Gasteiger partial charge in [0.25, 0.3) is 5.91 Å². The van der Waals surface area contributed by atoms with Crippen LogP contribution in [-0.2, 0) is 0 Å². The molecule has 4 N–H and O–H groups in total. The van der Waals surface area contributed by atoms with E-state index in [1.54, 1.807) is 11.9 Å². The number of anilines is 2. The van der Waals surface area contributed by atoms with Crippen molar-refractivity contribution in [2.45, 2.75) is 32.7 Å². The summed E-state index contributed by atoms with van der Waals surface area (Å²) in [7, 11) is 1.81. The Morgan fingerprint density at radius 3 is 2.67 bits per heavy atom. The first kappa shape index (κ1) is 16.0. The van der Waals surface area contributed by atoms with Crippen LogP contribution in [-0.4, -0.2) is 48.5 Å². The van der Waals surface area contributed by atoms with E-state index in [9.17, 15) is 4.79 Å². The van der Waals surface area contributed by atoms with Crippen molar-refractivity contribution < 1.29 is 4.79 Å². The van der Waals surface area contributed by atoms with Crippen molar-refractivity contribution in [1.29, 1.82) is 0 Å². The molecule has 1 amide bonds. The average Bonchev–Trinajstić information content (AvgIpc) is 2.80. The number of carbonyl (C=O) groups is 1. The number of thiazole rings is 1. The molecule has 1 aliphatic heterocycles. The number of nitrogens with zero attached hydrogens (tertiary/aromatic N) is 3. The molecule has 1 aromatic rings. The number of nitrogens with two attached hydrogens (primary N) is 2. The molecule has 1 aromatic heterocycles. The molecule has 1 saturated heterocycles. The van der Waals surface area contributed by atoms with Crippen LogP contribution in [0.2, 0.25) is 0 Å². The molecule has 21 heavy (non-hydrogen) atoms. The first-order valence-corrected chi connectivity index (χ1v) is 8.22. The minimum absolute atomic E-state index is 0.0429. The van der Waals surface area contributed by atoms with Crippen molar-refractivity contribution in [3.05, 3.63) is 4.88 Å². The van der Waals surface area contributed by atoms with Crippen molar-refractivity contribution in [3.8, 4) is 0 Å². The number of amides is 1. The molecule has 7 heteroatoms. The average molecular weight is 311 g/mol. The molecular weight excluding hydrogens is 286 g/mol. The van der Waals surface area contributed by atoms with Gasteiger partial charge in [-0.05, 0) is 18.8 Å². The smallest absolute Gasteiger partial charge is 0.267 e. The molecule has 0 spiro atoms. The van der Waals surface area contributed by atoms with Gasteiger partial charge in [0.2, 0.25) is 0 Å². The van der Waals surface area contributed by atoms with E-state index in [1.807, 2.05) is 0 Å². The summed E-state index contributed by atoms with van der Waals surface area (Å²) in [6.45, 7) is 6.64. The number of hydrogen-bond acceptors (Lipinski definition) is 6. The SMILES string of the molecule is CC(C)CN(C)C(=O)c1sc(N2CCC(N)CC2)nc1N. The Morgan fingerprint density at radius 2 is 2.10 bits per heavy atom. The van der Waals surface area contributed by atoms with E-state index in [0.717, 1.165) is 31.1 Å². The highest BCUT2D eigenvalue weighted by atomic mass is 32.1. The second kappa shape index (κ2) is 6.62. The lowest BCUT2D eigenvalue weighted by Gasteiger charge is -2.29. The minimum atomic E-state index is -0.0429. The second-order valence-electron chi connectivity index (χ2n) is 6.11.